The number of nitrogens with zero attached hydrogens (tertiary/aromatic N) is 2. The van der Waals surface area contributed by atoms with Crippen LogP contribution in [-0.4, -0.2) is 13.1 Å². The van der Waals surface area contributed by atoms with Crippen LogP contribution >= 0.6 is 0 Å². The van der Waals surface area contributed by atoms with E-state index < -0.39 is 0 Å². The highest BCUT2D eigenvalue weighted by atomic mass is 14.8. The molecule has 0 bridgehead atoms. The monoisotopic (exact) mass is 178 g/mol. The van der Waals surface area contributed by atoms with Gasteiger partial charge in [0.2, 0.25) is 0 Å². The first-order valence-electron chi connectivity index (χ1n) is 4.81. The van der Waals surface area contributed by atoms with Crippen molar-refractivity contribution in [2.75, 3.05) is 0 Å². The summed E-state index contributed by atoms with van der Waals surface area (Å²) in [7, 11) is 0. The molecule has 0 spiro atoms. The van der Waals surface area contributed by atoms with E-state index in [1.54, 1.807) is 0 Å². The van der Waals surface area contributed by atoms with Gasteiger partial charge in [-0.3, -0.25) is 4.99 Å². The van der Waals surface area contributed by atoms with Crippen LogP contribution in [0.2, 0.25) is 0 Å². The van der Waals surface area contributed by atoms with Crippen molar-refractivity contribution in [3.8, 4) is 0 Å². The molecule has 0 N–H and O–H groups in total. The molecule has 0 aliphatic heterocycles. The Labute approximate surface area is 80.5 Å². The maximum Gasteiger partial charge on any atom is 0.114 e. The Bertz CT molecular complexity index is 238. The van der Waals surface area contributed by atoms with Gasteiger partial charge in [0.15, 0.2) is 0 Å². The SMILES string of the molecule is C=NC=N/C=C(\C)[C@H]1C[C@@H]1C(C)C. The molecule has 72 valence electrons. The third-order valence-corrected chi connectivity index (χ3v) is 2.71. The van der Waals surface area contributed by atoms with E-state index in [1.165, 1.54) is 18.3 Å². The summed E-state index contributed by atoms with van der Waals surface area (Å²) in [5.74, 6) is 2.44. The summed E-state index contributed by atoms with van der Waals surface area (Å²) in [6.07, 6.45) is 4.72. The number of hydrogen-bond donors (Lipinski definition) is 0. The van der Waals surface area contributed by atoms with Gasteiger partial charge in [-0.1, -0.05) is 19.4 Å². The average Bonchev–Trinajstić information content (AvgIpc) is 2.83. The van der Waals surface area contributed by atoms with Crippen molar-refractivity contribution < 1.29 is 0 Å². The minimum atomic E-state index is 0.766. The highest BCUT2D eigenvalue weighted by Gasteiger charge is 2.39. The normalized spacial score (nSPS) is 28.5. The zero-order valence-corrected chi connectivity index (χ0v) is 8.70. The molecule has 0 aromatic rings. The fourth-order valence-electron chi connectivity index (χ4n) is 1.77. The molecule has 13 heavy (non-hydrogen) atoms. The third kappa shape index (κ3) is 2.79. The van der Waals surface area contributed by atoms with E-state index in [9.17, 15) is 0 Å². The Morgan fingerprint density at radius 3 is 2.69 bits per heavy atom. The molecule has 0 saturated heterocycles. The smallest absolute Gasteiger partial charge is 0.114 e. The molecule has 1 rings (SSSR count). The topological polar surface area (TPSA) is 24.7 Å². The first-order valence-corrected chi connectivity index (χ1v) is 4.81. The average molecular weight is 178 g/mol. The molecule has 1 aliphatic rings. The Kier molecular flexibility index (Phi) is 3.40. The summed E-state index contributed by atoms with van der Waals surface area (Å²) < 4.78 is 0. The van der Waals surface area contributed by atoms with E-state index in [2.05, 4.69) is 37.5 Å². The van der Waals surface area contributed by atoms with Crippen molar-refractivity contribution in [1.82, 2.24) is 0 Å². The van der Waals surface area contributed by atoms with Crippen molar-refractivity contribution >= 4 is 13.1 Å². The van der Waals surface area contributed by atoms with Crippen molar-refractivity contribution in [2.45, 2.75) is 27.2 Å². The maximum atomic E-state index is 4.03. The molecule has 2 heteroatoms. The Hall–Kier alpha value is -0.920. The predicted molar refractivity (Wildman–Crippen MR) is 58.2 cm³/mol. The Morgan fingerprint density at radius 2 is 2.23 bits per heavy atom. The van der Waals surface area contributed by atoms with Crippen LogP contribution in [0, 0.1) is 17.8 Å². The standard InChI is InChI=1S/C11H18N2/c1-8(2)10-5-11(10)9(3)6-13-7-12-4/h6-8,10-11H,4-5H2,1-3H3/b9-6+,13-7?/t10-,11-/m1/s1. The van der Waals surface area contributed by atoms with Gasteiger partial charge in [0.1, 0.15) is 6.34 Å². The molecule has 2 nitrogen and oxygen atoms in total. The second-order valence-corrected chi connectivity index (χ2v) is 4.07. The summed E-state index contributed by atoms with van der Waals surface area (Å²) in [4.78, 5) is 7.58. The minimum absolute atomic E-state index is 0.766. The van der Waals surface area contributed by atoms with Gasteiger partial charge in [0.25, 0.3) is 0 Å². The third-order valence-electron chi connectivity index (χ3n) is 2.71. The lowest BCUT2D eigenvalue weighted by Crippen LogP contribution is -1.93. The van der Waals surface area contributed by atoms with Crippen molar-refractivity contribution in [3.05, 3.63) is 11.8 Å². The summed E-state index contributed by atoms with van der Waals surface area (Å²) >= 11 is 0. The van der Waals surface area contributed by atoms with E-state index >= 15 is 0 Å². The molecular formula is C11H18N2. The Balaban J connectivity index is 2.42. The van der Waals surface area contributed by atoms with Gasteiger partial charge in [0, 0.05) is 6.20 Å². The summed E-state index contributed by atoms with van der Waals surface area (Å²) in [6.45, 7) is 10.0. The second kappa shape index (κ2) is 4.35. The zero-order chi connectivity index (χ0) is 9.84. The number of hydrogen-bond acceptors (Lipinski definition) is 1. The summed E-state index contributed by atoms with van der Waals surface area (Å²) in [6, 6.07) is 0. The van der Waals surface area contributed by atoms with Crippen LogP contribution in [0.1, 0.15) is 27.2 Å². The molecular weight excluding hydrogens is 160 g/mol. The first-order chi connectivity index (χ1) is 6.16. The molecule has 1 fully saturated rings. The maximum absolute atomic E-state index is 4.03. The fourth-order valence-corrected chi connectivity index (χ4v) is 1.77. The second-order valence-electron chi connectivity index (χ2n) is 4.07. The number of rotatable bonds is 4. The zero-order valence-electron chi connectivity index (χ0n) is 8.70. The summed E-state index contributed by atoms with van der Waals surface area (Å²) in [5.41, 5.74) is 1.37. The van der Waals surface area contributed by atoms with Gasteiger partial charge in [-0.2, -0.15) is 0 Å². The van der Waals surface area contributed by atoms with E-state index in [0.29, 0.717) is 0 Å². The van der Waals surface area contributed by atoms with Crippen LogP contribution in [0.4, 0.5) is 0 Å². The molecule has 0 unspecified atom stereocenters. The number of allylic oxidation sites excluding steroid dienone is 1. The van der Waals surface area contributed by atoms with Crippen LogP contribution < -0.4 is 0 Å². The van der Waals surface area contributed by atoms with Gasteiger partial charge >= 0.3 is 0 Å². The molecule has 1 saturated carbocycles. The lowest BCUT2D eigenvalue weighted by molar-refractivity contribution is 0.536. The van der Waals surface area contributed by atoms with Crippen LogP contribution in [0.3, 0.4) is 0 Å². The lowest BCUT2D eigenvalue weighted by atomic mass is 10.0. The van der Waals surface area contributed by atoms with Gasteiger partial charge in [0.05, 0.1) is 0 Å². The van der Waals surface area contributed by atoms with Gasteiger partial charge in [-0.15, -0.1) is 0 Å². The van der Waals surface area contributed by atoms with Crippen LogP contribution in [0.25, 0.3) is 0 Å². The van der Waals surface area contributed by atoms with Crippen molar-refractivity contribution in [3.63, 3.8) is 0 Å². The predicted octanol–water partition coefficient (Wildman–Crippen LogP) is 2.91. The van der Waals surface area contributed by atoms with Gasteiger partial charge < -0.3 is 0 Å². The molecule has 0 heterocycles. The Morgan fingerprint density at radius 1 is 1.54 bits per heavy atom. The molecule has 1 aliphatic carbocycles. The largest absolute Gasteiger partial charge is 0.253 e. The fraction of sp³-hybridized carbons (Fsp3) is 0.636. The highest BCUT2D eigenvalue weighted by molar-refractivity contribution is 5.62. The van der Waals surface area contributed by atoms with Crippen LogP contribution in [-0.2, 0) is 0 Å². The molecule has 0 radical (unpaired) electrons. The van der Waals surface area contributed by atoms with Crippen molar-refractivity contribution in [2.24, 2.45) is 27.7 Å². The first kappa shape index (κ1) is 10.2. The van der Waals surface area contributed by atoms with Crippen LogP contribution in [0.5, 0.6) is 0 Å². The quantitative estimate of drug-likeness (QED) is 0.467. The molecule has 0 aromatic carbocycles. The summed E-state index contributed by atoms with van der Waals surface area (Å²) in [5, 5.41) is 0. The highest BCUT2D eigenvalue weighted by Crippen LogP contribution is 2.48. The van der Waals surface area contributed by atoms with E-state index in [0.717, 1.165) is 17.8 Å². The molecule has 0 aromatic heterocycles. The lowest BCUT2D eigenvalue weighted by Gasteiger charge is -2.02. The van der Waals surface area contributed by atoms with Gasteiger partial charge in [-0.25, -0.2) is 4.99 Å². The van der Waals surface area contributed by atoms with Gasteiger partial charge in [-0.05, 0) is 37.8 Å². The van der Waals surface area contributed by atoms with E-state index in [-0.39, 0.29) is 0 Å². The van der Waals surface area contributed by atoms with E-state index in [4.69, 9.17) is 0 Å². The van der Waals surface area contributed by atoms with E-state index in [1.807, 2.05) is 6.20 Å². The molecule has 0 amide bonds. The molecule has 2 atom stereocenters. The minimum Gasteiger partial charge on any atom is -0.253 e. The van der Waals surface area contributed by atoms with Crippen molar-refractivity contribution in [1.29, 1.82) is 0 Å². The van der Waals surface area contributed by atoms with Crippen LogP contribution in [0.15, 0.2) is 21.8 Å². The number of aliphatic imine (C=N–C) groups is 2.